The van der Waals surface area contributed by atoms with Gasteiger partial charge in [-0.05, 0) is 25.7 Å². The molecular weight excluding hydrogens is 282 g/mol. The first-order chi connectivity index (χ1) is 10.4. The van der Waals surface area contributed by atoms with Gasteiger partial charge in [0.1, 0.15) is 5.54 Å². The average Bonchev–Trinajstić information content (AvgIpc) is 3.04. The fourth-order valence-corrected chi connectivity index (χ4v) is 3.44. The molecule has 0 unspecified atom stereocenters. The van der Waals surface area contributed by atoms with Crippen molar-refractivity contribution in [3.63, 3.8) is 0 Å². The summed E-state index contributed by atoms with van der Waals surface area (Å²) in [6.07, 6.45) is 4.50. The second-order valence-corrected chi connectivity index (χ2v) is 6.02. The van der Waals surface area contributed by atoms with Crippen LogP contribution in [0.25, 0.3) is 0 Å². The van der Waals surface area contributed by atoms with Gasteiger partial charge in [-0.25, -0.2) is 4.79 Å². The number of nitrogens with zero attached hydrogens (tertiary/aromatic N) is 2. The molecule has 0 spiro atoms. The Hall–Kier alpha value is -1.85. The summed E-state index contributed by atoms with van der Waals surface area (Å²) in [5, 5.41) is 16.7. The lowest BCUT2D eigenvalue weighted by molar-refractivity contribution is -0.147. The summed E-state index contributed by atoms with van der Waals surface area (Å²) < 4.78 is 1.82. The van der Waals surface area contributed by atoms with Gasteiger partial charge >= 0.3 is 5.97 Å². The molecule has 1 amide bonds. The van der Waals surface area contributed by atoms with E-state index in [0.29, 0.717) is 12.8 Å². The highest BCUT2D eigenvalue weighted by Crippen LogP contribution is 2.30. The van der Waals surface area contributed by atoms with Crippen molar-refractivity contribution in [2.45, 2.75) is 64.3 Å². The predicted octanol–water partition coefficient (Wildman–Crippen LogP) is 1.60. The van der Waals surface area contributed by atoms with E-state index in [9.17, 15) is 14.7 Å². The van der Waals surface area contributed by atoms with Crippen molar-refractivity contribution in [1.29, 1.82) is 0 Å². The van der Waals surface area contributed by atoms with Crippen molar-refractivity contribution in [3.8, 4) is 0 Å². The zero-order chi connectivity index (χ0) is 16.3. The van der Waals surface area contributed by atoms with Gasteiger partial charge in [0, 0.05) is 18.3 Å². The average molecular weight is 307 g/mol. The largest absolute Gasteiger partial charge is 0.480 e. The topological polar surface area (TPSA) is 84.2 Å². The van der Waals surface area contributed by atoms with Crippen LogP contribution in [0.1, 0.15) is 56.5 Å². The molecule has 122 valence electrons. The van der Waals surface area contributed by atoms with Gasteiger partial charge in [0.25, 0.3) is 0 Å². The molecule has 0 aliphatic heterocycles. The van der Waals surface area contributed by atoms with Gasteiger partial charge in [0.05, 0.1) is 12.1 Å². The second kappa shape index (κ2) is 6.50. The first kappa shape index (κ1) is 16.5. The summed E-state index contributed by atoms with van der Waals surface area (Å²) in [4.78, 5) is 23.9. The Kier molecular flexibility index (Phi) is 4.88. The summed E-state index contributed by atoms with van der Waals surface area (Å²) in [6.45, 7) is 4.05. The highest BCUT2D eigenvalue weighted by Gasteiger charge is 2.42. The molecule has 0 bridgehead atoms. The Bertz CT molecular complexity index is 571. The number of carbonyl (C=O) groups is 2. The van der Waals surface area contributed by atoms with Crippen molar-refractivity contribution < 1.29 is 14.7 Å². The van der Waals surface area contributed by atoms with Crippen LogP contribution >= 0.6 is 0 Å². The van der Waals surface area contributed by atoms with Gasteiger partial charge < -0.3 is 10.4 Å². The number of carboxylic acids is 1. The molecule has 1 saturated carbocycles. The molecule has 1 aromatic heterocycles. The van der Waals surface area contributed by atoms with Crippen molar-refractivity contribution in [2.24, 2.45) is 7.05 Å². The zero-order valence-electron chi connectivity index (χ0n) is 13.6. The second-order valence-electron chi connectivity index (χ2n) is 6.02. The minimum Gasteiger partial charge on any atom is -0.480 e. The quantitative estimate of drug-likeness (QED) is 0.836. The monoisotopic (exact) mass is 307 g/mol. The SMILES string of the molecule is CCc1nn(C)c(CC)c1CC(=O)NC1(C(=O)O)CCCC1. The highest BCUT2D eigenvalue weighted by molar-refractivity contribution is 5.88. The fraction of sp³-hybridized carbons (Fsp3) is 0.688. The number of carbonyl (C=O) groups excluding carboxylic acids is 1. The Morgan fingerprint density at radius 2 is 1.91 bits per heavy atom. The minimum absolute atomic E-state index is 0.204. The molecule has 0 aromatic carbocycles. The van der Waals surface area contributed by atoms with Crippen LogP contribution in [0.3, 0.4) is 0 Å². The van der Waals surface area contributed by atoms with Crippen LogP contribution in [-0.4, -0.2) is 32.3 Å². The van der Waals surface area contributed by atoms with Gasteiger partial charge in [0.15, 0.2) is 0 Å². The molecule has 1 aliphatic rings. The van der Waals surface area contributed by atoms with E-state index in [1.54, 1.807) is 0 Å². The standard InChI is InChI=1S/C16H25N3O3/c1-4-12-11(13(5-2)19(3)18-12)10-14(20)17-16(15(21)22)8-6-7-9-16/h4-10H2,1-3H3,(H,17,20)(H,21,22). The number of hydrogen-bond acceptors (Lipinski definition) is 3. The summed E-state index contributed by atoms with van der Waals surface area (Å²) in [6, 6.07) is 0. The van der Waals surface area contributed by atoms with Gasteiger partial charge in [-0.15, -0.1) is 0 Å². The van der Waals surface area contributed by atoms with Crippen LogP contribution in [0.15, 0.2) is 0 Å². The number of hydrogen-bond donors (Lipinski definition) is 2. The highest BCUT2D eigenvalue weighted by atomic mass is 16.4. The van der Waals surface area contributed by atoms with Crippen LogP contribution in [-0.2, 0) is 35.9 Å². The molecule has 1 fully saturated rings. The van der Waals surface area contributed by atoms with Gasteiger partial charge in [-0.2, -0.15) is 5.10 Å². The third kappa shape index (κ3) is 3.00. The van der Waals surface area contributed by atoms with Crippen LogP contribution in [0.2, 0.25) is 0 Å². The summed E-state index contributed by atoms with van der Waals surface area (Å²) >= 11 is 0. The molecule has 6 heteroatoms. The van der Waals surface area contributed by atoms with Crippen LogP contribution in [0.4, 0.5) is 0 Å². The third-order valence-electron chi connectivity index (χ3n) is 4.61. The van der Waals surface area contributed by atoms with E-state index in [-0.39, 0.29) is 12.3 Å². The van der Waals surface area contributed by atoms with E-state index in [4.69, 9.17) is 0 Å². The molecule has 0 atom stereocenters. The summed E-state index contributed by atoms with van der Waals surface area (Å²) in [5.74, 6) is -1.14. The normalized spacial score (nSPS) is 16.7. The number of aromatic nitrogens is 2. The van der Waals surface area contributed by atoms with E-state index in [1.807, 2.05) is 25.6 Å². The third-order valence-corrected chi connectivity index (χ3v) is 4.61. The molecule has 1 aromatic rings. The van der Waals surface area contributed by atoms with Crippen LogP contribution in [0, 0.1) is 0 Å². The molecular formula is C16H25N3O3. The lowest BCUT2D eigenvalue weighted by Gasteiger charge is -2.25. The molecule has 6 nitrogen and oxygen atoms in total. The number of carboxylic acid groups (broad SMARTS) is 1. The van der Waals surface area contributed by atoms with Crippen molar-refractivity contribution in [1.82, 2.24) is 15.1 Å². The Balaban J connectivity index is 2.17. The van der Waals surface area contributed by atoms with Crippen LogP contribution in [0.5, 0.6) is 0 Å². The summed E-state index contributed by atoms with van der Waals surface area (Å²) in [5.41, 5.74) is 1.84. The smallest absolute Gasteiger partial charge is 0.329 e. The molecule has 1 heterocycles. The minimum atomic E-state index is -1.07. The van der Waals surface area contributed by atoms with E-state index >= 15 is 0 Å². The number of nitrogens with one attached hydrogen (secondary N) is 1. The summed E-state index contributed by atoms with van der Waals surface area (Å²) in [7, 11) is 1.88. The maximum Gasteiger partial charge on any atom is 0.329 e. The Morgan fingerprint density at radius 1 is 1.27 bits per heavy atom. The van der Waals surface area contributed by atoms with Crippen molar-refractivity contribution in [3.05, 3.63) is 17.0 Å². The first-order valence-electron chi connectivity index (χ1n) is 8.01. The lowest BCUT2D eigenvalue weighted by Crippen LogP contribution is -2.53. The van der Waals surface area contributed by atoms with Crippen LogP contribution < -0.4 is 5.32 Å². The van der Waals surface area contributed by atoms with Gasteiger partial charge in [-0.1, -0.05) is 26.7 Å². The number of amides is 1. The van der Waals surface area contributed by atoms with E-state index in [2.05, 4.69) is 10.4 Å². The number of rotatable bonds is 6. The molecule has 1 aliphatic carbocycles. The Labute approximate surface area is 130 Å². The Morgan fingerprint density at radius 3 is 2.41 bits per heavy atom. The van der Waals surface area contributed by atoms with Crippen molar-refractivity contribution >= 4 is 11.9 Å². The number of aliphatic carboxylic acids is 1. The number of aryl methyl sites for hydroxylation is 2. The van der Waals surface area contributed by atoms with E-state index < -0.39 is 11.5 Å². The molecule has 0 saturated heterocycles. The molecule has 0 radical (unpaired) electrons. The molecule has 22 heavy (non-hydrogen) atoms. The van der Waals surface area contributed by atoms with Gasteiger partial charge in [-0.3, -0.25) is 9.48 Å². The maximum absolute atomic E-state index is 12.4. The predicted molar refractivity (Wildman–Crippen MR) is 82.6 cm³/mol. The van der Waals surface area contributed by atoms with Gasteiger partial charge in [0.2, 0.25) is 5.91 Å². The van der Waals surface area contributed by atoms with E-state index in [0.717, 1.165) is 42.6 Å². The lowest BCUT2D eigenvalue weighted by atomic mass is 9.96. The van der Waals surface area contributed by atoms with E-state index in [1.165, 1.54) is 0 Å². The first-order valence-corrected chi connectivity index (χ1v) is 8.01. The molecule has 2 N–H and O–H groups in total. The zero-order valence-corrected chi connectivity index (χ0v) is 13.6. The fourth-order valence-electron chi connectivity index (χ4n) is 3.44. The maximum atomic E-state index is 12.4. The molecule has 2 rings (SSSR count). The van der Waals surface area contributed by atoms with Crippen molar-refractivity contribution in [2.75, 3.05) is 0 Å².